The van der Waals surface area contributed by atoms with Gasteiger partial charge in [0.2, 0.25) is 5.91 Å². The molecule has 1 heterocycles. The Labute approximate surface area is 154 Å². The molecule has 1 N–H and O–H groups in total. The van der Waals surface area contributed by atoms with E-state index in [1.54, 1.807) is 11.8 Å². The minimum atomic E-state index is 0. The molecule has 130 valence electrons. The van der Waals surface area contributed by atoms with E-state index >= 15 is 0 Å². The van der Waals surface area contributed by atoms with Gasteiger partial charge < -0.3 is 10.2 Å². The molecule has 0 saturated carbocycles. The van der Waals surface area contributed by atoms with Crippen LogP contribution in [0.1, 0.15) is 31.7 Å². The number of carbonyl (C=O) groups is 1. The number of halogens is 2. The summed E-state index contributed by atoms with van der Waals surface area (Å²) in [5.74, 6) is 1.70. The van der Waals surface area contributed by atoms with Crippen LogP contribution in [0.2, 0.25) is 5.02 Å². The lowest BCUT2D eigenvalue weighted by atomic mass is 10.0. The molecule has 1 aromatic rings. The number of thioether (sulfide) groups is 1. The van der Waals surface area contributed by atoms with Crippen molar-refractivity contribution in [3.05, 3.63) is 34.9 Å². The second kappa shape index (κ2) is 11.2. The monoisotopic (exact) mass is 376 g/mol. The Balaban J connectivity index is 0.00000264. The predicted octanol–water partition coefficient (Wildman–Crippen LogP) is 3.99. The molecule has 0 radical (unpaired) electrons. The summed E-state index contributed by atoms with van der Waals surface area (Å²) in [6.07, 6.45) is 3.18. The van der Waals surface area contributed by atoms with Crippen molar-refractivity contribution in [3.8, 4) is 0 Å². The number of amides is 1. The number of nitrogens with zero attached hydrogens (tertiary/aromatic N) is 1. The van der Waals surface area contributed by atoms with Crippen LogP contribution in [0.15, 0.2) is 24.3 Å². The maximum atomic E-state index is 12.5. The van der Waals surface area contributed by atoms with Crippen LogP contribution in [0.3, 0.4) is 0 Å². The van der Waals surface area contributed by atoms with Crippen molar-refractivity contribution in [1.82, 2.24) is 10.2 Å². The van der Waals surface area contributed by atoms with Crippen molar-refractivity contribution < 1.29 is 4.79 Å². The summed E-state index contributed by atoms with van der Waals surface area (Å²) >= 11 is 7.57. The number of piperidine rings is 1. The highest BCUT2D eigenvalue weighted by molar-refractivity contribution is 7.99. The Morgan fingerprint density at radius 2 is 1.96 bits per heavy atom. The first-order chi connectivity index (χ1) is 10.7. The van der Waals surface area contributed by atoms with Crippen LogP contribution < -0.4 is 5.32 Å². The molecule has 3 nitrogen and oxygen atoms in total. The van der Waals surface area contributed by atoms with Gasteiger partial charge in [-0.3, -0.25) is 4.79 Å². The molecule has 1 aliphatic heterocycles. The van der Waals surface area contributed by atoms with Crippen LogP contribution in [0.25, 0.3) is 0 Å². The quantitative estimate of drug-likeness (QED) is 0.780. The number of carbonyl (C=O) groups excluding carboxylic acids is 1. The average molecular weight is 377 g/mol. The van der Waals surface area contributed by atoms with E-state index < -0.39 is 0 Å². The van der Waals surface area contributed by atoms with Gasteiger partial charge >= 0.3 is 0 Å². The average Bonchev–Trinajstić information content (AvgIpc) is 2.55. The van der Waals surface area contributed by atoms with E-state index in [-0.39, 0.29) is 18.3 Å². The van der Waals surface area contributed by atoms with Crippen molar-refractivity contribution in [1.29, 1.82) is 0 Å². The Morgan fingerprint density at radius 1 is 1.30 bits per heavy atom. The Hall–Kier alpha value is -0.420. The van der Waals surface area contributed by atoms with Gasteiger partial charge in [-0.1, -0.05) is 30.7 Å². The van der Waals surface area contributed by atoms with Gasteiger partial charge in [-0.05, 0) is 50.0 Å². The summed E-state index contributed by atoms with van der Waals surface area (Å²) in [6.45, 7) is 5.07. The third kappa shape index (κ3) is 6.92. The van der Waals surface area contributed by atoms with E-state index in [1.807, 2.05) is 24.3 Å². The van der Waals surface area contributed by atoms with E-state index in [1.165, 1.54) is 5.56 Å². The lowest BCUT2D eigenvalue weighted by Crippen LogP contribution is -2.47. The summed E-state index contributed by atoms with van der Waals surface area (Å²) < 4.78 is 0. The van der Waals surface area contributed by atoms with Gasteiger partial charge in [-0.2, -0.15) is 0 Å². The normalized spacial score (nSPS) is 15.0. The molecule has 0 atom stereocenters. The van der Waals surface area contributed by atoms with Gasteiger partial charge in [-0.15, -0.1) is 24.2 Å². The van der Waals surface area contributed by atoms with E-state index in [2.05, 4.69) is 17.1 Å². The summed E-state index contributed by atoms with van der Waals surface area (Å²) in [5, 5.41) is 4.12. The number of benzene rings is 1. The van der Waals surface area contributed by atoms with Crippen molar-refractivity contribution >= 4 is 41.7 Å². The molecule has 1 aromatic carbocycles. The van der Waals surface area contributed by atoms with Gasteiger partial charge in [-0.25, -0.2) is 0 Å². The zero-order chi connectivity index (χ0) is 15.8. The zero-order valence-electron chi connectivity index (χ0n) is 13.6. The van der Waals surface area contributed by atoms with Gasteiger partial charge in [0.15, 0.2) is 0 Å². The van der Waals surface area contributed by atoms with E-state index in [4.69, 9.17) is 11.6 Å². The van der Waals surface area contributed by atoms with Crippen molar-refractivity contribution in [3.63, 3.8) is 0 Å². The zero-order valence-corrected chi connectivity index (χ0v) is 16.0. The lowest BCUT2D eigenvalue weighted by Gasteiger charge is -2.34. The predicted molar refractivity (Wildman–Crippen MR) is 103 cm³/mol. The van der Waals surface area contributed by atoms with Crippen LogP contribution in [0.5, 0.6) is 0 Å². The Kier molecular flexibility index (Phi) is 10.0. The molecule has 1 saturated heterocycles. The molecule has 1 aliphatic rings. The molecule has 0 aliphatic carbocycles. The SMILES string of the molecule is CCCN(C(=O)CSCc1ccc(Cl)cc1)C1CCNCC1.Cl. The third-order valence-electron chi connectivity index (χ3n) is 3.94. The third-order valence-corrected chi connectivity index (χ3v) is 5.18. The number of nitrogens with one attached hydrogen (secondary N) is 1. The maximum absolute atomic E-state index is 12.5. The largest absolute Gasteiger partial charge is 0.339 e. The highest BCUT2D eigenvalue weighted by atomic mass is 35.5. The van der Waals surface area contributed by atoms with Gasteiger partial charge in [0.25, 0.3) is 0 Å². The molecular formula is C17H26Cl2N2OS. The topological polar surface area (TPSA) is 32.3 Å². The molecule has 6 heteroatoms. The van der Waals surface area contributed by atoms with Crippen molar-refractivity contribution in [2.75, 3.05) is 25.4 Å². The standard InChI is InChI=1S/C17H25ClN2OS.ClH/c1-2-11-20(16-7-9-19-10-8-16)17(21)13-22-12-14-3-5-15(18)6-4-14;/h3-6,16,19H,2,7-13H2,1H3;1H. The van der Waals surface area contributed by atoms with Crippen molar-refractivity contribution in [2.24, 2.45) is 0 Å². The first kappa shape index (κ1) is 20.6. The highest BCUT2D eigenvalue weighted by Crippen LogP contribution is 2.18. The fourth-order valence-electron chi connectivity index (χ4n) is 2.79. The van der Waals surface area contributed by atoms with E-state index in [9.17, 15) is 4.79 Å². The molecule has 0 spiro atoms. The molecular weight excluding hydrogens is 351 g/mol. The summed E-state index contributed by atoms with van der Waals surface area (Å²) in [7, 11) is 0. The number of rotatable bonds is 7. The molecule has 23 heavy (non-hydrogen) atoms. The summed E-state index contributed by atoms with van der Waals surface area (Å²) in [5.41, 5.74) is 1.21. The second-order valence-corrected chi connectivity index (χ2v) is 7.11. The highest BCUT2D eigenvalue weighted by Gasteiger charge is 2.24. The first-order valence-corrected chi connectivity index (χ1v) is 9.56. The van der Waals surface area contributed by atoms with Crippen LogP contribution in [0.4, 0.5) is 0 Å². The molecule has 0 bridgehead atoms. The van der Waals surface area contributed by atoms with Crippen LogP contribution in [-0.4, -0.2) is 42.2 Å². The molecule has 0 unspecified atom stereocenters. The Bertz CT molecular complexity index is 464. The van der Waals surface area contributed by atoms with Gasteiger partial charge in [0.05, 0.1) is 5.75 Å². The van der Waals surface area contributed by atoms with Gasteiger partial charge in [0, 0.05) is 23.4 Å². The Morgan fingerprint density at radius 3 is 2.57 bits per heavy atom. The fraction of sp³-hybridized carbons (Fsp3) is 0.588. The fourth-order valence-corrected chi connectivity index (χ4v) is 3.79. The van der Waals surface area contributed by atoms with E-state index in [0.29, 0.717) is 11.8 Å². The first-order valence-electron chi connectivity index (χ1n) is 8.03. The summed E-state index contributed by atoms with van der Waals surface area (Å²) in [4.78, 5) is 14.6. The number of hydrogen-bond donors (Lipinski definition) is 1. The maximum Gasteiger partial charge on any atom is 0.232 e. The molecule has 0 aromatic heterocycles. The van der Waals surface area contributed by atoms with E-state index in [0.717, 1.165) is 49.7 Å². The second-order valence-electron chi connectivity index (χ2n) is 5.69. The molecule has 1 amide bonds. The molecule has 2 rings (SSSR count). The van der Waals surface area contributed by atoms with Crippen LogP contribution >= 0.6 is 35.8 Å². The van der Waals surface area contributed by atoms with Crippen LogP contribution in [0, 0.1) is 0 Å². The number of hydrogen-bond acceptors (Lipinski definition) is 3. The van der Waals surface area contributed by atoms with Crippen molar-refractivity contribution in [2.45, 2.75) is 38.0 Å². The lowest BCUT2D eigenvalue weighted by molar-refractivity contribution is -0.131. The van der Waals surface area contributed by atoms with Gasteiger partial charge in [0.1, 0.15) is 0 Å². The smallest absolute Gasteiger partial charge is 0.232 e. The minimum absolute atomic E-state index is 0. The summed E-state index contributed by atoms with van der Waals surface area (Å²) in [6, 6.07) is 8.27. The minimum Gasteiger partial charge on any atom is -0.339 e. The van der Waals surface area contributed by atoms with Crippen LogP contribution in [-0.2, 0) is 10.5 Å². The molecule has 1 fully saturated rings.